The second-order valence-corrected chi connectivity index (χ2v) is 4.72. The average molecular weight is 310 g/mol. The highest BCUT2D eigenvalue weighted by Crippen LogP contribution is 2.27. The number of rotatable bonds is 10. The molecule has 0 aromatic carbocycles. The highest BCUT2D eigenvalue weighted by atomic mass is 79.9. The molecule has 0 unspecified atom stereocenters. The molecule has 0 aliphatic rings. The van der Waals surface area contributed by atoms with Crippen LogP contribution in [0, 0.1) is 5.41 Å². The van der Waals surface area contributed by atoms with Gasteiger partial charge in [-0.15, -0.1) is 0 Å². The Balaban J connectivity index is 3.81. The van der Waals surface area contributed by atoms with Gasteiger partial charge in [0.05, 0.1) is 13.2 Å². The largest absolute Gasteiger partial charge is 0.382 e. The summed E-state index contributed by atoms with van der Waals surface area (Å²) in [4.78, 5) is 11.5. The van der Waals surface area contributed by atoms with Crippen molar-refractivity contribution in [3.05, 3.63) is 0 Å². The molecule has 0 aliphatic heterocycles. The van der Waals surface area contributed by atoms with Crippen LogP contribution < -0.4 is 5.32 Å². The Labute approximate surface area is 113 Å². The summed E-state index contributed by atoms with van der Waals surface area (Å²) in [6.45, 7) is 6.06. The molecule has 0 fully saturated rings. The third-order valence-electron chi connectivity index (χ3n) is 3.11. The van der Waals surface area contributed by atoms with Gasteiger partial charge in [-0.1, -0.05) is 29.8 Å². The minimum absolute atomic E-state index is 0.0617. The standard InChI is InChI=1S/C12H24BrNO3/c1-4-12(5-2,9-13)10-14-11(15)8-17-7-6-16-3/h4-10H2,1-3H3,(H,14,15). The first-order valence-electron chi connectivity index (χ1n) is 6.03. The lowest BCUT2D eigenvalue weighted by Gasteiger charge is -2.29. The van der Waals surface area contributed by atoms with E-state index in [2.05, 4.69) is 35.1 Å². The van der Waals surface area contributed by atoms with Crippen molar-refractivity contribution < 1.29 is 14.3 Å². The molecular weight excluding hydrogens is 286 g/mol. The maximum Gasteiger partial charge on any atom is 0.246 e. The molecule has 17 heavy (non-hydrogen) atoms. The minimum atomic E-state index is -0.0617. The van der Waals surface area contributed by atoms with E-state index in [9.17, 15) is 4.79 Å². The highest BCUT2D eigenvalue weighted by Gasteiger charge is 2.25. The normalized spacial score (nSPS) is 11.5. The van der Waals surface area contributed by atoms with E-state index in [1.165, 1.54) is 0 Å². The molecule has 4 nitrogen and oxygen atoms in total. The van der Waals surface area contributed by atoms with E-state index >= 15 is 0 Å². The fourth-order valence-electron chi connectivity index (χ4n) is 1.38. The molecule has 0 saturated carbocycles. The molecule has 5 heteroatoms. The van der Waals surface area contributed by atoms with Gasteiger partial charge in [-0.2, -0.15) is 0 Å². The van der Waals surface area contributed by atoms with Gasteiger partial charge in [-0.3, -0.25) is 4.79 Å². The van der Waals surface area contributed by atoms with Crippen LogP contribution in [-0.4, -0.2) is 44.7 Å². The molecule has 102 valence electrons. The zero-order chi connectivity index (χ0) is 13.1. The van der Waals surface area contributed by atoms with E-state index in [4.69, 9.17) is 9.47 Å². The molecule has 0 radical (unpaired) electrons. The number of ether oxygens (including phenoxy) is 2. The van der Waals surface area contributed by atoms with Crippen molar-refractivity contribution in [3.8, 4) is 0 Å². The second kappa shape index (κ2) is 9.85. The molecular formula is C12H24BrNO3. The van der Waals surface area contributed by atoms with Crippen molar-refractivity contribution in [1.29, 1.82) is 0 Å². The second-order valence-electron chi connectivity index (χ2n) is 4.16. The SMILES string of the molecule is CCC(CC)(CBr)CNC(=O)COCCOC. The summed E-state index contributed by atoms with van der Waals surface area (Å²) in [7, 11) is 1.61. The quantitative estimate of drug-likeness (QED) is 0.496. The Morgan fingerprint density at radius 2 is 1.94 bits per heavy atom. The molecule has 0 aliphatic carbocycles. The average Bonchev–Trinajstić information content (AvgIpc) is 2.37. The lowest BCUT2D eigenvalue weighted by molar-refractivity contribution is -0.126. The monoisotopic (exact) mass is 309 g/mol. The number of methoxy groups -OCH3 is 1. The molecule has 1 N–H and O–H groups in total. The number of alkyl halides is 1. The Morgan fingerprint density at radius 3 is 2.41 bits per heavy atom. The van der Waals surface area contributed by atoms with E-state index in [1.807, 2.05) is 0 Å². The van der Waals surface area contributed by atoms with Crippen molar-refractivity contribution in [2.24, 2.45) is 5.41 Å². The number of halogens is 1. The first-order valence-corrected chi connectivity index (χ1v) is 7.15. The zero-order valence-electron chi connectivity index (χ0n) is 11.1. The molecule has 0 atom stereocenters. The molecule has 0 bridgehead atoms. The van der Waals surface area contributed by atoms with E-state index in [0.29, 0.717) is 19.8 Å². The lowest BCUT2D eigenvalue weighted by Crippen LogP contribution is -2.39. The molecule has 1 amide bonds. The number of carbonyl (C=O) groups excluding carboxylic acids is 1. The Morgan fingerprint density at radius 1 is 1.29 bits per heavy atom. The van der Waals surface area contributed by atoms with Crippen molar-refractivity contribution in [1.82, 2.24) is 5.32 Å². The molecule has 0 aromatic rings. The minimum Gasteiger partial charge on any atom is -0.382 e. The fraction of sp³-hybridized carbons (Fsp3) is 0.917. The molecule has 0 aromatic heterocycles. The number of amides is 1. The number of hydrogen-bond acceptors (Lipinski definition) is 3. The first-order chi connectivity index (χ1) is 8.14. The maximum atomic E-state index is 11.5. The van der Waals surface area contributed by atoms with E-state index in [0.717, 1.165) is 18.2 Å². The van der Waals surface area contributed by atoms with Crippen LogP contribution in [0.3, 0.4) is 0 Å². The zero-order valence-corrected chi connectivity index (χ0v) is 12.6. The van der Waals surface area contributed by atoms with Gasteiger partial charge in [0.25, 0.3) is 0 Å². The van der Waals surface area contributed by atoms with Crippen molar-refractivity contribution in [3.63, 3.8) is 0 Å². The third-order valence-corrected chi connectivity index (χ3v) is 4.30. The van der Waals surface area contributed by atoms with E-state index in [1.54, 1.807) is 7.11 Å². The predicted octanol–water partition coefficient (Wildman–Crippen LogP) is 1.97. The van der Waals surface area contributed by atoms with Gasteiger partial charge in [0.15, 0.2) is 0 Å². The Bertz CT molecular complexity index is 200. The van der Waals surface area contributed by atoms with Crippen LogP contribution in [0.1, 0.15) is 26.7 Å². The first kappa shape index (κ1) is 16.9. The Kier molecular flexibility index (Phi) is 9.78. The van der Waals surface area contributed by atoms with Gasteiger partial charge in [0.2, 0.25) is 5.91 Å². The van der Waals surface area contributed by atoms with Gasteiger partial charge < -0.3 is 14.8 Å². The molecule has 0 rings (SSSR count). The van der Waals surface area contributed by atoms with Crippen LogP contribution in [0.15, 0.2) is 0 Å². The summed E-state index contributed by atoms with van der Waals surface area (Å²) >= 11 is 3.52. The summed E-state index contributed by atoms with van der Waals surface area (Å²) in [5, 5.41) is 3.82. The van der Waals surface area contributed by atoms with Gasteiger partial charge >= 0.3 is 0 Å². The highest BCUT2D eigenvalue weighted by molar-refractivity contribution is 9.09. The Hall–Kier alpha value is -0.130. The number of hydrogen-bond donors (Lipinski definition) is 1. The topological polar surface area (TPSA) is 47.6 Å². The van der Waals surface area contributed by atoms with Gasteiger partial charge in [0, 0.05) is 19.0 Å². The lowest BCUT2D eigenvalue weighted by atomic mass is 9.84. The summed E-state index contributed by atoms with van der Waals surface area (Å²) in [6, 6.07) is 0. The predicted molar refractivity (Wildman–Crippen MR) is 72.5 cm³/mol. The van der Waals surface area contributed by atoms with Crippen LogP contribution in [-0.2, 0) is 14.3 Å². The van der Waals surface area contributed by atoms with E-state index < -0.39 is 0 Å². The smallest absolute Gasteiger partial charge is 0.246 e. The van der Waals surface area contributed by atoms with Crippen molar-refractivity contribution in [2.45, 2.75) is 26.7 Å². The number of carbonyl (C=O) groups is 1. The van der Waals surface area contributed by atoms with Crippen molar-refractivity contribution in [2.75, 3.05) is 38.8 Å². The van der Waals surface area contributed by atoms with Gasteiger partial charge in [-0.05, 0) is 18.3 Å². The van der Waals surface area contributed by atoms with E-state index in [-0.39, 0.29) is 17.9 Å². The van der Waals surface area contributed by atoms with Crippen molar-refractivity contribution >= 4 is 21.8 Å². The van der Waals surface area contributed by atoms with Crippen LogP contribution >= 0.6 is 15.9 Å². The molecule has 0 heterocycles. The summed E-state index contributed by atoms with van der Waals surface area (Å²) in [5.74, 6) is -0.0617. The van der Waals surface area contributed by atoms with Crippen LogP contribution in [0.2, 0.25) is 0 Å². The van der Waals surface area contributed by atoms with Gasteiger partial charge in [-0.25, -0.2) is 0 Å². The molecule has 0 spiro atoms. The third kappa shape index (κ3) is 7.01. The van der Waals surface area contributed by atoms with Crippen LogP contribution in [0.25, 0.3) is 0 Å². The molecule has 0 saturated heterocycles. The van der Waals surface area contributed by atoms with Crippen LogP contribution in [0.4, 0.5) is 0 Å². The van der Waals surface area contributed by atoms with Crippen LogP contribution in [0.5, 0.6) is 0 Å². The maximum absolute atomic E-state index is 11.5. The number of nitrogens with one attached hydrogen (secondary N) is 1. The summed E-state index contributed by atoms with van der Waals surface area (Å²) < 4.78 is 9.98. The fourth-order valence-corrected chi connectivity index (χ4v) is 2.37. The van der Waals surface area contributed by atoms with Gasteiger partial charge in [0.1, 0.15) is 6.61 Å². The summed E-state index contributed by atoms with van der Waals surface area (Å²) in [5.41, 5.74) is 0.155. The summed E-state index contributed by atoms with van der Waals surface area (Å²) in [6.07, 6.45) is 2.08.